The van der Waals surface area contributed by atoms with Crippen molar-refractivity contribution in [2.24, 2.45) is 0 Å². The van der Waals surface area contributed by atoms with Gasteiger partial charge in [-0.2, -0.15) is 0 Å². The number of hydrogen-bond donors (Lipinski definition) is 1. The monoisotopic (exact) mass is 399 g/mol. The molecule has 1 amide bonds. The van der Waals surface area contributed by atoms with Crippen molar-refractivity contribution in [1.29, 1.82) is 0 Å². The first-order valence-electron chi connectivity index (χ1n) is 9.00. The van der Waals surface area contributed by atoms with E-state index in [1.165, 1.54) is 22.2 Å². The topological polar surface area (TPSA) is 90.3 Å². The molecule has 0 aliphatic rings. The van der Waals surface area contributed by atoms with Crippen LogP contribution in [0.25, 0.3) is 10.2 Å². The number of nitrogens with zero attached hydrogens (tertiary/aromatic N) is 2. The largest absolute Gasteiger partial charge is 0.462 e. The number of thiophene rings is 1. The van der Waals surface area contributed by atoms with Crippen molar-refractivity contribution >= 4 is 39.1 Å². The lowest BCUT2D eigenvalue weighted by atomic mass is 10.2. The maximum atomic E-state index is 12.8. The summed E-state index contributed by atoms with van der Waals surface area (Å²) >= 11 is 1.20. The number of amides is 1. The second-order valence-corrected chi connectivity index (χ2v) is 7.22. The molecule has 0 atom stereocenters. The minimum absolute atomic E-state index is 0.192. The molecular weight excluding hydrogens is 378 g/mol. The second kappa shape index (κ2) is 8.79. The summed E-state index contributed by atoms with van der Waals surface area (Å²) in [5.74, 6) is -0.888. The number of unbranched alkanes of at least 4 members (excludes halogenated alkanes) is 1. The summed E-state index contributed by atoms with van der Waals surface area (Å²) in [5.41, 5.74) is 1.37. The van der Waals surface area contributed by atoms with Crippen LogP contribution in [0.4, 0.5) is 5.69 Å². The van der Waals surface area contributed by atoms with Gasteiger partial charge in [0.1, 0.15) is 11.4 Å². The Morgan fingerprint density at radius 2 is 2.07 bits per heavy atom. The average Bonchev–Trinajstić information content (AvgIpc) is 3.11. The number of aryl methyl sites for hydroxylation is 1. The van der Waals surface area contributed by atoms with Gasteiger partial charge in [0.2, 0.25) is 5.91 Å². The molecule has 2 aromatic heterocycles. The molecule has 0 unspecified atom stereocenters. The van der Waals surface area contributed by atoms with Crippen LogP contribution >= 0.6 is 11.3 Å². The number of ether oxygens (including phenoxy) is 1. The maximum absolute atomic E-state index is 12.8. The molecule has 0 radical (unpaired) electrons. The number of carbonyl (C=O) groups is 2. The Balaban J connectivity index is 1.82. The Labute approximate surface area is 166 Å². The molecule has 8 heteroatoms. The maximum Gasteiger partial charge on any atom is 0.339 e. The Morgan fingerprint density at radius 1 is 1.29 bits per heavy atom. The Morgan fingerprint density at radius 3 is 2.82 bits per heavy atom. The van der Waals surface area contributed by atoms with Gasteiger partial charge in [-0.15, -0.1) is 11.3 Å². The van der Waals surface area contributed by atoms with Crippen LogP contribution in [0.5, 0.6) is 0 Å². The SMILES string of the molecule is CCCCOC(=O)c1csc2ncn(CC(=O)Nc3ccccc3C)c(=O)c12. The van der Waals surface area contributed by atoms with E-state index in [-0.39, 0.29) is 23.4 Å². The highest BCUT2D eigenvalue weighted by molar-refractivity contribution is 7.17. The Kier molecular flexibility index (Phi) is 6.20. The quantitative estimate of drug-likeness (QED) is 0.486. The third-order valence-electron chi connectivity index (χ3n) is 4.24. The standard InChI is InChI=1S/C20H21N3O4S/c1-3-4-9-27-20(26)14-11-28-18-17(14)19(25)23(12-21-18)10-16(24)22-15-8-6-5-7-13(15)2/h5-8,11-12H,3-4,9-10H2,1-2H3,(H,22,24). The van der Waals surface area contributed by atoms with E-state index >= 15 is 0 Å². The highest BCUT2D eigenvalue weighted by Crippen LogP contribution is 2.21. The number of carbonyl (C=O) groups excluding carboxylic acids is 2. The zero-order chi connectivity index (χ0) is 20.1. The van der Waals surface area contributed by atoms with Gasteiger partial charge in [0.15, 0.2) is 0 Å². The molecule has 0 bridgehead atoms. The Hall–Kier alpha value is -3.00. The summed E-state index contributed by atoms with van der Waals surface area (Å²) in [6.45, 7) is 3.99. The lowest BCUT2D eigenvalue weighted by Gasteiger charge is -2.09. The molecule has 3 aromatic rings. The molecule has 0 saturated heterocycles. The van der Waals surface area contributed by atoms with Crippen LogP contribution in [0, 0.1) is 6.92 Å². The minimum atomic E-state index is -0.541. The lowest BCUT2D eigenvalue weighted by Crippen LogP contribution is -2.28. The first-order valence-corrected chi connectivity index (χ1v) is 9.88. The van der Waals surface area contributed by atoms with Gasteiger partial charge in [-0.05, 0) is 25.0 Å². The summed E-state index contributed by atoms with van der Waals surface area (Å²) in [4.78, 5) is 42.2. The third-order valence-corrected chi connectivity index (χ3v) is 5.13. The summed E-state index contributed by atoms with van der Waals surface area (Å²) in [6, 6.07) is 7.38. The fourth-order valence-corrected chi connectivity index (χ4v) is 3.54. The van der Waals surface area contributed by atoms with E-state index in [1.807, 2.05) is 32.0 Å². The molecule has 0 fully saturated rings. The van der Waals surface area contributed by atoms with Gasteiger partial charge in [0.25, 0.3) is 5.56 Å². The number of nitrogens with one attached hydrogen (secondary N) is 1. The van der Waals surface area contributed by atoms with E-state index in [2.05, 4.69) is 10.3 Å². The number of benzene rings is 1. The molecule has 1 N–H and O–H groups in total. The predicted octanol–water partition coefficient (Wildman–Crippen LogP) is 3.36. The van der Waals surface area contributed by atoms with Gasteiger partial charge >= 0.3 is 5.97 Å². The first-order chi connectivity index (χ1) is 13.5. The molecule has 0 saturated carbocycles. The Bertz CT molecular complexity index is 1070. The lowest BCUT2D eigenvalue weighted by molar-refractivity contribution is -0.116. The fourth-order valence-electron chi connectivity index (χ4n) is 2.67. The van der Waals surface area contributed by atoms with Crippen LogP contribution in [0.1, 0.15) is 35.7 Å². The van der Waals surface area contributed by atoms with Crippen molar-refractivity contribution in [3.63, 3.8) is 0 Å². The zero-order valence-corrected chi connectivity index (χ0v) is 16.5. The van der Waals surface area contributed by atoms with Crippen LogP contribution in [0.15, 0.2) is 40.8 Å². The van der Waals surface area contributed by atoms with Crippen LogP contribution in [-0.4, -0.2) is 28.0 Å². The summed E-state index contributed by atoms with van der Waals surface area (Å²) in [6.07, 6.45) is 2.99. The van der Waals surface area contributed by atoms with E-state index in [4.69, 9.17) is 4.74 Å². The molecule has 2 heterocycles. The van der Waals surface area contributed by atoms with Gasteiger partial charge < -0.3 is 10.1 Å². The number of para-hydroxylation sites is 1. The molecule has 28 heavy (non-hydrogen) atoms. The molecule has 0 aliphatic carbocycles. The summed E-state index contributed by atoms with van der Waals surface area (Å²) < 4.78 is 6.42. The average molecular weight is 399 g/mol. The first kappa shape index (κ1) is 19.8. The van der Waals surface area contributed by atoms with Gasteiger partial charge in [-0.3, -0.25) is 14.2 Å². The van der Waals surface area contributed by atoms with Crippen molar-refractivity contribution in [2.75, 3.05) is 11.9 Å². The van der Waals surface area contributed by atoms with E-state index in [0.717, 1.165) is 18.4 Å². The highest BCUT2D eigenvalue weighted by atomic mass is 32.1. The van der Waals surface area contributed by atoms with E-state index in [0.29, 0.717) is 17.1 Å². The van der Waals surface area contributed by atoms with Crippen molar-refractivity contribution < 1.29 is 14.3 Å². The molecule has 1 aromatic carbocycles. The second-order valence-electron chi connectivity index (χ2n) is 6.36. The molecule has 146 valence electrons. The van der Waals surface area contributed by atoms with Gasteiger partial charge in [0, 0.05) is 11.1 Å². The van der Waals surface area contributed by atoms with Crippen molar-refractivity contribution in [3.05, 3.63) is 57.5 Å². The van der Waals surface area contributed by atoms with Crippen LogP contribution in [0.2, 0.25) is 0 Å². The van der Waals surface area contributed by atoms with Crippen LogP contribution in [-0.2, 0) is 16.1 Å². The smallest absolute Gasteiger partial charge is 0.339 e. The highest BCUT2D eigenvalue weighted by Gasteiger charge is 2.19. The number of esters is 1. The van der Waals surface area contributed by atoms with Crippen molar-refractivity contribution in [2.45, 2.75) is 33.2 Å². The normalized spacial score (nSPS) is 10.8. The number of rotatable bonds is 7. The fraction of sp³-hybridized carbons (Fsp3) is 0.300. The van der Waals surface area contributed by atoms with E-state index in [9.17, 15) is 14.4 Å². The number of hydrogen-bond acceptors (Lipinski definition) is 6. The van der Waals surface area contributed by atoms with Gasteiger partial charge in [-0.25, -0.2) is 9.78 Å². The zero-order valence-electron chi connectivity index (χ0n) is 15.7. The molecule has 0 spiro atoms. The molecule has 3 rings (SSSR count). The van der Waals surface area contributed by atoms with E-state index in [1.54, 1.807) is 11.4 Å². The van der Waals surface area contributed by atoms with Gasteiger partial charge in [0.05, 0.1) is 23.9 Å². The van der Waals surface area contributed by atoms with Crippen LogP contribution < -0.4 is 10.9 Å². The number of anilines is 1. The summed E-state index contributed by atoms with van der Waals surface area (Å²) in [5, 5.41) is 4.55. The van der Waals surface area contributed by atoms with Crippen LogP contribution in [0.3, 0.4) is 0 Å². The van der Waals surface area contributed by atoms with Crippen molar-refractivity contribution in [1.82, 2.24) is 9.55 Å². The summed E-state index contributed by atoms with van der Waals surface area (Å²) in [7, 11) is 0. The third kappa shape index (κ3) is 4.28. The molecule has 7 nitrogen and oxygen atoms in total. The molecular formula is C20H21N3O4S. The van der Waals surface area contributed by atoms with Crippen molar-refractivity contribution in [3.8, 4) is 0 Å². The van der Waals surface area contributed by atoms with E-state index < -0.39 is 11.5 Å². The minimum Gasteiger partial charge on any atom is -0.462 e. The number of fused-ring (bicyclic) bond motifs is 1. The number of aromatic nitrogens is 2. The molecule has 0 aliphatic heterocycles. The van der Waals surface area contributed by atoms with Gasteiger partial charge in [-0.1, -0.05) is 31.5 Å². The predicted molar refractivity (Wildman–Crippen MR) is 109 cm³/mol.